The Hall–Kier alpha value is -1.14. The third-order valence-corrected chi connectivity index (χ3v) is 1.97. The van der Waals surface area contributed by atoms with Crippen molar-refractivity contribution in [2.24, 2.45) is 0 Å². The van der Waals surface area contributed by atoms with E-state index in [1.807, 2.05) is 0 Å². The second kappa shape index (κ2) is 3.51. The van der Waals surface area contributed by atoms with Crippen molar-refractivity contribution in [1.29, 1.82) is 0 Å². The number of carbonyl (C=O) groups is 1. The number of hydroxylamine groups is 2. The van der Waals surface area contributed by atoms with Crippen LogP contribution in [-0.4, -0.2) is 30.1 Å². The first-order valence-corrected chi connectivity index (χ1v) is 4.06. The SMILES string of the molecule is CON(C)C(=O)c1csc(N)n1. The summed E-state index contributed by atoms with van der Waals surface area (Å²) in [4.78, 5) is 19.8. The van der Waals surface area contributed by atoms with Crippen molar-refractivity contribution < 1.29 is 9.63 Å². The van der Waals surface area contributed by atoms with Gasteiger partial charge in [-0.1, -0.05) is 0 Å². The number of anilines is 1. The molecule has 0 fully saturated rings. The van der Waals surface area contributed by atoms with Crippen LogP contribution in [0, 0.1) is 0 Å². The molecule has 0 bridgehead atoms. The van der Waals surface area contributed by atoms with E-state index in [-0.39, 0.29) is 5.91 Å². The van der Waals surface area contributed by atoms with E-state index in [1.54, 1.807) is 5.38 Å². The van der Waals surface area contributed by atoms with E-state index < -0.39 is 0 Å². The highest BCUT2D eigenvalue weighted by Gasteiger charge is 2.13. The van der Waals surface area contributed by atoms with Crippen LogP contribution in [0.1, 0.15) is 10.5 Å². The van der Waals surface area contributed by atoms with E-state index in [0.29, 0.717) is 10.8 Å². The third kappa shape index (κ3) is 1.72. The molecular weight excluding hydrogens is 178 g/mol. The number of rotatable bonds is 2. The van der Waals surface area contributed by atoms with Gasteiger partial charge in [0, 0.05) is 12.4 Å². The molecule has 2 N–H and O–H groups in total. The van der Waals surface area contributed by atoms with Crippen LogP contribution in [-0.2, 0) is 4.84 Å². The smallest absolute Gasteiger partial charge is 0.296 e. The minimum atomic E-state index is -0.301. The number of nitrogens with two attached hydrogens (primary N) is 1. The van der Waals surface area contributed by atoms with Gasteiger partial charge in [0.05, 0.1) is 7.11 Å². The Morgan fingerprint density at radius 2 is 2.50 bits per heavy atom. The van der Waals surface area contributed by atoms with Crippen LogP contribution in [0.2, 0.25) is 0 Å². The standard InChI is InChI=1S/C6H9N3O2S/c1-9(11-2)5(10)4-3-12-6(7)8-4/h3H,1-2H3,(H2,7,8). The van der Waals surface area contributed by atoms with E-state index in [0.717, 1.165) is 5.06 Å². The normalized spacial score (nSPS) is 9.83. The van der Waals surface area contributed by atoms with Gasteiger partial charge in [0.15, 0.2) is 5.13 Å². The van der Waals surface area contributed by atoms with Crippen LogP contribution in [0.5, 0.6) is 0 Å². The molecule has 0 aliphatic carbocycles. The predicted octanol–water partition coefficient (Wildman–Crippen LogP) is 0.359. The molecule has 0 aliphatic rings. The van der Waals surface area contributed by atoms with Gasteiger partial charge in [-0.25, -0.2) is 10.0 Å². The minimum absolute atomic E-state index is 0.301. The molecule has 1 aromatic rings. The Labute approximate surface area is 73.7 Å². The van der Waals surface area contributed by atoms with Gasteiger partial charge in [0.25, 0.3) is 5.91 Å². The van der Waals surface area contributed by atoms with E-state index in [4.69, 9.17) is 5.73 Å². The fraction of sp³-hybridized carbons (Fsp3) is 0.333. The fourth-order valence-corrected chi connectivity index (χ4v) is 1.17. The van der Waals surface area contributed by atoms with Gasteiger partial charge in [-0.3, -0.25) is 9.63 Å². The summed E-state index contributed by atoms with van der Waals surface area (Å²) in [7, 11) is 2.92. The molecule has 12 heavy (non-hydrogen) atoms. The number of hydrogen-bond donors (Lipinski definition) is 1. The molecule has 6 heteroatoms. The number of nitrogen functional groups attached to an aromatic ring is 1. The Bertz CT molecular complexity index is 286. The summed E-state index contributed by atoms with van der Waals surface area (Å²) in [5.41, 5.74) is 5.66. The van der Waals surface area contributed by atoms with Crippen LogP contribution >= 0.6 is 11.3 Å². The van der Waals surface area contributed by atoms with Crippen LogP contribution in [0.4, 0.5) is 5.13 Å². The second-order valence-corrected chi connectivity index (χ2v) is 2.95. The first kappa shape index (κ1) is 8.95. The average molecular weight is 187 g/mol. The molecule has 1 amide bonds. The van der Waals surface area contributed by atoms with Crippen LogP contribution in [0.3, 0.4) is 0 Å². The Morgan fingerprint density at radius 1 is 1.83 bits per heavy atom. The van der Waals surface area contributed by atoms with Gasteiger partial charge in [-0.15, -0.1) is 11.3 Å². The molecular formula is C6H9N3O2S. The van der Waals surface area contributed by atoms with E-state index in [9.17, 15) is 4.79 Å². The number of aromatic nitrogens is 1. The maximum atomic E-state index is 11.3. The van der Waals surface area contributed by atoms with Crippen LogP contribution in [0.15, 0.2) is 5.38 Å². The van der Waals surface area contributed by atoms with Crippen molar-refractivity contribution in [3.63, 3.8) is 0 Å². The van der Waals surface area contributed by atoms with Crippen LogP contribution in [0.25, 0.3) is 0 Å². The maximum absolute atomic E-state index is 11.3. The van der Waals surface area contributed by atoms with Gasteiger partial charge in [0.1, 0.15) is 5.69 Å². The van der Waals surface area contributed by atoms with Crippen molar-refractivity contribution in [3.05, 3.63) is 11.1 Å². The van der Waals surface area contributed by atoms with Gasteiger partial charge in [-0.05, 0) is 0 Å². The lowest BCUT2D eigenvalue weighted by atomic mass is 10.5. The molecule has 5 nitrogen and oxygen atoms in total. The summed E-state index contributed by atoms with van der Waals surface area (Å²) in [5.74, 6) is -0.301. The highest BCUT2D eigenvalue weighted by atomic mass is 32.1. The number of thiazole rings is 1. The van der Waals surface area contributed by atoms with Gasteiger partial charge in [0.2, 0.25) is 0 Å². The van der Waals surface area contributed by atoms with Crippen molar-refractivity contribution in [1.82, 2.24) is 10.0 Å². The van der Waals surface area contributed by atoms with Crippen molar-refractivity contribution in [3.8, 4) is 0 Å². The van der Waals surface area contributed by atoms with E-state index in [2.05, 4.69) is 9.82 Å². The second-order valence-electron chi connectivity index (χ2n) is 2.06. The topological polar surface area (TPSA) is 68.5 Å². The van der Waals surface area contributed by atoms with Gasteiger partial charge >= 0.3 is 0 Å². The maximum Gasteiger partial charge on any atom is 0.296 e. The largest absolute Gasteiger partial charge is 0.375 e. The predicted molar refractivity (Wildman–Crippen MR) is 45.6 cm³/mol. The summed E-state index contributed by atoms with van der Waals surface area (Å²) in [6.07, 6.45) is 0. The molecule has 0 saturated carbocycles. The quantitative estimate of drug-likeness (QED) is 0.679. The third-order valence-electron chi connectivity index (χ3n) is 1.30. The molecule has 0 spiro atoms. The zero-order valence-corrected chi connectivity index (χ0v) is 7.59. The average Bonchev–Trinajstić information content (AvgIpc) is 2.49. The first-order chi connectivity index (χ1) is 5.65. The monoisotopic (exact) mass is 187 g/mol. The number of carbonyl (C=O) groups excluding carboxylic acids is 1. The number of hydrogen-bond acceptors (Lipinski definition) is 5. The molecule has 0 radical (unpaired) electrons. The van der Waals surface area contributed by atoms with Crippen molar-refractivity contribution in [2.75, 3.05) is 19.9 Å². The Balaban J connectivity index is 2.78. The summed E-state index contributed by atoms with van der Waals surface area (Å²) < 4.78 is 0. The molecule has 0 saturated heterocycles. The molecule has 1 heterocycles. The minimum Gasteiger partial charge on any atom is -0.375 e. The summed E-state index contributed by atoms with van der Waals surface area (Å²) in [5, 5.41) is 3.06. The van der Waals surface area contributed by atoms with E-state index in [1.165, 1.54) is 25.5 Å². The zero-order valence-electron chi connectivity index (χ0n) is 6.77. The lowest BCUT2D eigenvalue weighted by Gasteiger charge is -2.10. The molecule has 0 aliphatic heterocycles. The molecule has 0 atom stereocenters. The Morgan fingerprint density at radius 3 is 2.92 bits per heavy atom. The van der Waals surface area contributed by atoms with E-state index >= 15 is 0 Å². The number of nitrogens with zero attached hydrogens (tertiary/aromatic N) is 2. The van der Waals surface area contributed by atoms with Gasteiger partial charge < -0.3 is 5.73 Å². The lowest BCUT2D eigenvalue weighted by molar-refractivity contribution is -0.0759. The van der Waals surface area contributed by atoms with Crippen molar-refractivity contribution in [2.45, 2.75) is 0 Å². The molecule has 1 rings (SSSR count). The summed E-state index contributed by atoms with van der Waals surface area (Å²) in [6, 6.07) is 0. The summed E-state index contributed by atoms with van der Waals surface area (Å²) >= 11 is 1.22. The zero-order chi connectivity index (χ0) is 9.14. The fourth-order valence-electron chi connectivity index (χ4n) is 0.630. The summed E-state index contributed by atoms with van der Waals surface area (Å²) in [6.45, 7) is 0. The highest BCUT2D eigenvalue weighted by molar-refractivity contribution is 7.13. The lowest BCUT2D eigenvalue weighted by Crippen LogP contribution is -2.25. The first-order valence-electron chi connectivity index (χ1n) is 3.18. The highest BCUT2D eigenvalue weighted by Crippen LogP contribution is 2.12. The van der Waals surface area contributed by atoms with Crippen LogP contribution < -0.4 is 5.73 Å². The number of amides is 1. The van der Waals surface area contributed by atoms with Gasteiger partial charge in [-0.2, -0.15) is 0 Å². The van der Waals surface area contributed by atoms with Crippen molar-refractivity contribution >= 4 is 22.4 Å². The molecule has 66 valence electrons. The molecule has 1 aromatic heterocycles. The Kier molecular flexibility index (Phi) is 2.61. The molecule has 0 aromatic carbocycles. The molecule has 0 unspecified atom stereocenters.